The van der Waals surface area contributed by atoms with Gasteiger partial charge < -0.3 is 4.90 Å². The summed E-state index contributed by atoms with van der Waals surface area (Å²) in [5, 5.41) is 1.15. The Morgan fingerprint density at radius 3 is 2.59 bits per heavy atom. The number of aryl methyl sites for hydroxylation is 2. The van der Waals surface area contributed by atoms with Crippen molar-refractivity contribution < 1.29 is 4.39 Å². The number of thiazole rings is 1. The van der Waals surface area contributed by atoms with E-state index in [4.69, 9.17) is 0 Å². The number of aromatic nitrogens is 1. The number of nitrogens with zero attached hydrogens (tertiary/aromatic N) is 3. The van der Waals surface area contributed by atoms with Crippen LogP contribution in [0.1, 0.15) is 22.5 Å². The topological polar surface area (TPSA) is 19.4 Å². The number of rotatable bonds is 4. The fraction of sp³-hybridized carbons (Fsp3) is 0.471. The summed E-state index contributed by atoms with van der Waals surface area (Å²) in [5.74, 6) is -0.123. The lowest BCUT2D eigenvalue weighted by Crippen LogP contribution is -2.46. The Balaban J connectivity index is 1.61. The highest BCUT2D eigenvalue weighted by Gasteiger charge is 2.20. The van der Waals surface area contributed by atoms with Crippen LogP contribution >= 0.6 is 11.3 Å². The summed E-state index contributed by atoms with van der Waals surface area (Å²) in [6.07, 6.45) is 0.995. The number of para-hydroxylation sites is 1. The molecule has 0 aliphatic carbocycles. The molecule has 0 unspecified atom stereocenters. The normalized spacial score (nSPS) is 16.2. The molecule has 3 rings (SSSR count). The van der Waals surface area contributed by atoms with Crippen LogP contribution in [-0.2, 0) is 13.0 Å². The number of halogens is 1. The molecule has 118 valence electrons. The van der Waals surface area contributed by atoms with Crippen molar-refractivity contribution in [1.82, 2.24) is 9.88 Å². The van der Waals surface area contributed by atoms with E-state index >= 15 is 0 Å². The van der Waals surface area contributed by atoms with Crippen LogP contribution in [0.5, 0.6) is 0 Å². The van der Waals surface area contributed by atoms with E-state index in [1.807, 2.05) is 12.1 Å². The minimum Gasteiger partial charge on any atom is -0.367 e. The van der Waals surface area contributed by atoms with E-state index in [1.54, 1.807) is 17.4 Å². The molecule has 0 bridgehead atoms. The molecule has 5 heteroatoms. The Bertz CT molecular complexity index is 633. The number of benzene rings is 1. The van der Waals surface area contributed by atoms with Gasteiger partial charge in [-0.3, -0.25) is 4.90 Å². The van der Waals surface area contributed by atoms with Gasteiger partial charge in [0.2, 0.25) is 0 Å². The summed E-state index contributed by atoms with van der Waals surface area (Å²) in [7, 11) is 0. The maximum absolute atomic E-state index is 13.9. The molecule has 2 heterocycles. The van der Waals surface area contributed by atoms with E-state index in [1.165, 1.54) is 16.6 Å². The summed E-state index contributed by atoms with van der Waals surface area (Å²) < 4.78 is 13.9. The highest BCUT2D eigenvalue weighted by atomic mass is 32.1. The van der Waals surface area contributed by atoms with Gasteiger partial charge in [-0.2, -0.15) is 0 Å². The first-order chi connectivity index (χ1) is 10.7. The van der Waals surface area contributed by atoms with Crippen molar-refractivity contribution >= 4 is 17.0 Å². The summed E-state index contributed by atoms with van der Waals surface area (Å²) in [6.45, 7) is 8.89. The zero-order valence-corrected chi connectivity index (χ0v) is 14.0. The molecule has 1 aliphatic heterocycles. The van der Waals surface area contributed by atoms with Crippen LogP contribution in [-0.4, -0.2) is 36.1 Å². The van der Waals surface area contributed by atoms with Gasteiger partial charge in [0.1, 0.15) is 5.82 Å². The lowest BCUT2D eigenvalue weighted by Gasteiger charge is -2.36. The summed E-state index contributed by atoms with van der Waals surface area (Å²) in [4.78, 5) is 10.6. The SMILES string of the molecule is CCc1nc(C)sc1CN1CCN(c2ccccc2F)CC1. The van der Waals surface area contributed by atoms with E-state index in [9.17, 15) is 4.39 Å². The van der Waals surface area contributed by atoms with Gasteiger partial charge in [0, 0.05) is 37.6 Å². The molecule has 0 atom stereocenters. The molecular formula is C17H22FN3S. The first-order valence-electron chi connectivity index (χ1n) is 7.84. The lowest BCUT2D eigenvalue weighted by molar-refractivity contribution is 0.250. The van der Waals surface area contributed by atoms with Gasteiger partial charge in [-0.1, -0.05) is 19.1 Å². The average Bonchev–Trinajstić information content (AvgIpc) is 2.88. The fourth-order valence-corrected chi connectivity index (χ4v) is 4.04. The van der Waals surface area contributed by atoms with Gasteiger partial charge in [0.05, 0.1) is 16.4 Å². The third-order valence-corrected chi connectivity index (χ3v) is 5.15. The Morgan fingerprint density at radius 1 is 1.18 bits per heavy atom. The maximum atomic E-state index is 13.9. The Hall–Kier alpha value is -1.46. The second-order valence-corrected chi connectivity index (χ2v) is 6.96. The zero-order valence-electron chi connectivity index (χ0n) is 13.2. The minimum atomic E-state index is -0.123. The smallest absolute Gasteiger partial charge is 0.146 e. The van der Waals surface area contributed by atoms with Crippen molar-refractivity contribution in [2.45, 2.75) is 26.8 Å². The van der Waals surface area contributed by atoms with E-state index in [-0.39, 0.29) is 5.82 Å². The second-order valence-electron chi connectivity index (χ2n) is 5.67. The number of hydrogen-bond acceptors (Lipinski definition) is 4. The van der Waals surface area contributed by atoms with Gasteiger partial charge in [-0.05, 0) is 25.5 Å². The summed E-state index contributed by atoms with van der Waals surface area (Å²) in [5.41, 5.74) is 1.96. The quantitative estimate of drug-likeness (QED) is 0.860. The van der Waals surface area contributed by atoms with Crippen LogP contribution in [0.25, 0.3) is 0 Å². The summed E-state index contributed by atoms with van der Waals surface area (Å²) >= 11 is 1.81. The van der Waals surface area contributed by atoms with Gasteiger partial charge in [0.15, 0.2) is 0 Å². The third-order valence-electron chi connectivity index (χ3n) is 4.15. The highest BCUT2D eigenvalue weighted by molar-refractivity contribution is 7.11. The van der Waals surface area contributed by atoms with Crippen LogP contribution in [0.15, 0.2) is 24.3 Å². The van der Waals surface area contributed by atoms with Gasteiger partial charge in [-0.15, -0.1) is 11.3 Å². The van der Waals surface area contributed by atoms with Crippen molar-refractivity contribution in [3.05, 3.63) is 45.7 Å². The van der Waals surface area contributed by atoms with Gasteiger partial charge in [0.25, 0.3) is 0 Å². The van der Waals surface area contributed by atoms with Crippen molar-refractivity contribution in [1.29, 1.82) is 0 Å². The molecule has 1 fully saturated rings. The Morgan fingerprint density at radius 2 is 1.91 bits per heavy atom. The highest BCUT2D eigenvalue weighted by Crippen LogP contribution is 2.23. The molecule has 1 aromatic carbocycles. The van der Waals surface area contributed by atoms with Gasteiger partial charge in [-0.25, -0.2) is 9.37 Å². The van der Waals surface area contributed by atoms with Gasteiger partial charge >= 0.3 is 0 Å². The van der Waals surface area contributed by atoms with Crippen LogP contribution in [0.3, 0.4) is 0 Å². The molecule has 0 N–H and O–H groups in total. The van der Waals surface area contributed by atoms with Crippen molar-refractivity contribution in [3.8, 4) is 0 Å². The number of anilines is 1. The van der Waals surface area contributed by atoms with E-state index in [2.05, 4.69) is 28.6 Å². The van der Waals surface area contributed by atoms with Crippen LogP contribution in [0, 0.1) is 12.7 Å². The number of hydrogen-bond donors (Lipinski definition) is 0. The van der Waals surface area contributed by atoms with Crippen LogP contribution in [0.2, 0.25) is 0 Å². The Kier molecular flexibility index (Phi) is 4.74. The molecule has 1 aliphatic rings. The van der Waals surface area contributed by atoms with Crippen LogP contribution < -0.4 is 4.90 Å². The molecule has 0 radical (unpaired) electrons. The van der Waals surface area contributed by atoms with E-state index < -0.39 is 0 Å². The minimum absolute atomic E-state index is 0.123. The van der Waals surface area contributed by atoms with Crippen molar-refractivity contribution in [2.75, 3.05) is 31.1 Å². The lowest BCUT2D eigenvalue weighted by atomic mass is 10.2. The first kappa shape index (κ1) is 15.4. The molecular weight excluding hydrogens is 297 g/mol. The molecule has 22 heavy (non-hydrogen) atoms. The second kappa shape index (κ2) is 6.75. The standard InChI is InChI=1S/C17H22FN3S/c1-3-15-17(22-13(2)19-15)12-20-8-10-21(11-9-20)16-7-5-4-6-14(16)18/h4-7H,3,8-12H2,1-2H3. The molecule has 1 aromatic heterocycles. The van der Waals surface area contributed by atoms with Crippen molar-refractivity contribution in [2.24, 2.45) is 0 Å². The largest absolute Gasteiger partial charge is 0.367 e. The maximum Gasteiger partial charge on any atom is 0.146 e. The zero-order chi connectivity index (χ0) is 15.5. The average molecular weight is 319 g/mol. The molecule has 1 saturated heterocycles. The molecule has 0 saturated carbocycles. The molecule has 3 nitrogen and oxygen atoms in total. The van der Waals surface area contributed by atoms with E-state index in [0.717, 1.165) is 49.8 Å². The molecule has 0 amide bonds. The predicted octanol–water partition coefficient (Wildman–Crippen LogP) is 3.48. The fourth-order valence-electron chi connectivity index (χ4n) is 2.97. The Labute approximate surface area is 135 Å². The first-order valence-corrected chi connectivity index (χ1v) is 8.66. The summed E-state index contributed by atoms with van der Waals surface area (Å²) in [6, 6.07) is 7.05. The molecule has 0 spiro atoms. The number of piperazine rings is 1. The third kappa shape index (κ3) is 3.31. The molecule has 2 aromatic rings. The van der Waals surface area contributed by atoms with Crippen LogP contribution in [0.4, 0.5) is 10.1 Å². The van der Waals surface area contributed by atoms with E-state index in [0.29, 0.717) is 0 Å². The monoisotopic (exact) mass is 319 g/mol. The van der Waals surface area contributed by atoms with Crippen molar-refractivity contribution in [3.63, 3.8) is 0 Å². The predicted molar refractivity (Wildman–Crippen MR) is 90.1 cm³/mol.